The Bertz CT molecular complexity index is 809. The summed E-state index contributed by atoms with van der Waals surface area (Å²) in [6.07, 6.45) is 0.165. The van der Waals surface area contributed by atoms with E-state index in [1.54, 1.807) is 36.5 Å². The number of nitrogens with one attached hydrogen (secondary N) is 1. The number of hydrogen-bond donors (Lipinski definition) is 2. The van der Waals surface area contributed by atoms with E-state index < -0.39 is 0 Å². The first-order chi connectivity index (χ1) is 11.1. The Balaban J connectivity index is 1.62. The topological polar surface area (TPSA) is 75.4 Å². The number of amides is 1. The molecule has 0 saturated carbocycles. The van der Waals surface area contributed by atoms with Crippen molar-refractivity contribution in [2.45, 2.75) is 19.9 Å². The van der Waals surface area contributed by atoms with Gasteiger partial charge in [-0.15, -0.1) is 0 Å². The zero-order valence-corrected chi connectivity index (χ0v) is 13.4. The summed E-state index contributed by atoms with van der Waals surface area (Å²) in [5.41, 5.74) is 2.40. The maximum absolute atomic E-state index is 12.1. The van der Waals surface area contributed by atoms with Crippen molar-refractivity contribution in [1.82, 2.24) is 10.3 Å². The number of phenolic OH excluding ortho intramolecular Hbond substituents is 1. The van der Waals surface area contributed by atoms with Gasteiger partial charge >= 0.3 is 0 Å². The molecule has 0 bridgehead atoms. The Morgan fingerprint density at radius 3 is 3.00 bits per heavy atom. The number of carbonyl (C=O) groups is 1. The van der Waals surface area contributed by atoms with Gasteiger partial charge in [-0.25, -0.2) is 4.98 Å². The molecule has 0 aliphatic rings. The largest absolute Gasteiger partial charge is 0.508 e. The number of benzene rings is 1. The zero-order chi connectivity index (χ0) is 16.2. The predicted octanol–water partition coefficient (Wildman–Crippen LogP) is 3.28. The Kier molecular flexibility index (Phi) is 4.43. The number of oxazole rings is 1. The molecule has 0 atom stereocenters. The summed E-state index contributed by atoms with van der Waals surface area (Å²) < 4.78 is 5.62. The van der Waals surface area contributed by atoms with Crippen molar-refractivity contribution in [3.05, 3.63) is 58.1 Å². The molecule has 0 fully saturated rings. The predicted molar refractivity (Wildman–Crippen MR) is 88.2 cm³/mol. The molecule has 6 heteroatoms. The summed E-state index contributed by atoms with van der Waals surface area (Å²) in [6, 6.07) is 8.73. The van der Waals surface area contributed by atoms with Crippen LogP contribution in [0.3, 0.4) is 0 Å². The number of phenols is 1. The van der Waals surface area contributed by atoms with Crippen LogP contribution in [0.25, 0.3) is 11.5 Å². The van der Waals surface area contributed by atoms with Gasteiger partial charge < -0.3 is 14.8 Å². The molecule has 118 valence electrons. The minimum atomic E-state index is -0.137. The third kappa shape index (κ3) is 3.78. The summed E-state index contributed by atoms with van der Waals surface area (Å²) >= 11 is 1.57. The van der Waals surface area contributed by atoms with Crippen LogP contribution >= 0.6 is 11.3 Å². The lowest BCUT2D eigenvalue weighted by molar-refractivity contribution is -0.120. The van der Waals surface area contributed by atoms with E-state index in [1.165, 1.54) is 0 Å². The molecule has 2 heterocycles. The van der Waals surface area contributed by atoms with E-state index in [0.717, 1.165) is 11.1 Å². The van der Waals surface area contributed by atoms with Crippen molar-refractivity contribution in [2.75, 3.05) is 0 Å². The lowest BCUT2D eigenvalue weighted by atomic mass is 10.2. The molecule has 5 nitrogen and oxygen atoms in total. The molecular weight excluding hydrogens is 312 g/mol. The maximum Gasteiger partial charge on any atom is 0.227 e. The zero-order valence-electron chi connectivity index (χ0n) is 12.6. The molecule has 0 spiro atoms. The number of aromatic hydroxyl groups is 1. The van der Waals surface area contributed by atoms with Crippen LogP contribution in [0.5, 0.6) is 5.75 Å². The van der Waals surface area contributed by atoms with E-state index in [4.69, 9.17) is 4.42 Å². The second-order valence-corrected chi connectivity index (χ2v) is 5.94. The number of nitrogens with zero attached hydrogens (tertiary/aromatic N) is 1. The van der Waals surface area contributed by atoms with Crippen molar-refractivity contribution in [2.24, 2.45) is 0 Å². The van der Waals surface area contributed by atoms with Crippen LogP contribution in [0.4, 0.5) is 0 Å². The minimum absolute atomic E-state index is 0.137. The molecule has 3 aromatic rings. The summed E-state index contributed by atoms with van der Waals surface area (Å²) in [5, 5.41) is 16.1. The van der Waals surface area contributed by atoms with Gasteiger partial charge in [-0.1, -0.05) is 12.1 Å². The highest BCUT2D eigenvalue weighted by atomic mass is 32.1. The third-order valence-corrected chi connectivity index (χ3v) is 4.07. The molecule has 0 radical (unpaired) electrons. The summed E-state index contributed by atoms with van der Waals surface area (Å²) in [7, 11) is 0. The van der Waals surface area contributed by atoms with E-state index in [-0.39, 0.29) is 18.1 Å². The number of aryl methyl sites for hydroxylation is 1. The van der Waals surface area contributed by atoms with Gasteiger partial charge in [0.1, 0.15) is 11.5 Å². The Morgan fingerprint density at radius 1 is 1.39 bits per heavy atom. The minimum Gasteiger partial charge on any atom is -0.508 e. The second kappa shape index (κ2) is 6.66. The highest BCUT2D eigenvalue weighted by Crippen LogP contribution is 2.24. The lowest BCUT2D eigenvalue weighted by Crippen LogP contribution is -2.24. The van der Waals surface area contributed by atoms with Crippen molar-refractivity contribution in [1.29, 1.82) is 0 Å². The number of hydrogen-bond acceptors (Lipinski definition) is 5. The molecule has 0 saturated heterocycles. The highest BCUT2D eigenvalue weighted by molar-refractivity contribution is 7.08. The SMILES string of the molecule is Cc1oc(-c2ccsc2)nc1CC(=O)NCc1cccc(O)c1. The summed E-state index contributed by atoms with van der Waals surface area (Å²) in [5.74, 6) is 1.24. The fraction of sp³-hybridized carbons (Fsp3) is 0.176. The van der Waals surface area contributed by atoms with Crippen LogP contribution in [0.1, 0.15) is 17.0 Å². The third-order valence-electron chi connectivity index (χ3n) is 3.39. The average molecular weight is 328 g/mol. The smallest absolute Gasteiger partial charge is 0.227 e. The van der Waals surface area contributed by atoms with Gasteiger partial charge in [0.2, 0.25) is 11.8 Å². The second-order valence-electron chi connectivity index (χ2n) is 5.16. The van der Waals surface area contributed by atoms with E-state index in [9.17, 15) is 9.90 Å². The van der Waals surface area contributed by atoms with Gasteiger partial charge in [-0.2, -0.15) is 11.3 Å². The number of thiophene rings is 1. The average Bonchev–Trinajstić information content (AvgIpc) is 3.16. The van der Waals surface area contributed by atoms with Gasteiger partial charge in [0, 0.05) is 17.5 Å². The van der Waals surface area contributed by atoms with Gasteiger partial charge in [0.25, 0.3) is 0 Å². The van der Waals surface area contributed by atoms with Crippen LogP contribution < -0.4 is 5.32 Å². The first kappa shape index (κ1) is 15.3. The summed E-state index contributed by atoms with van der Waals surface area (Å²) in [6.45, 7) is 2.17. The van der Waals surface area contributed by atoms with E-state index in [0.29, 0.717) is 23.9 Å². The molecule has 2 N–H and O–H groups in total. The molecule has 3 rings (SSSR count). The van der Waals surface area contributed by atoms with E-state index >= 15 is 0 Å². The fourth-order valence-electron chi connectivity index (χ4n) is 2.18. The molecule has 0 aliphatic carbocycles. The van der Waals surface area contributed by atoms with Crippen LogP contribution in [-0.4, -0.2) is 16.0 Å². The van der Waals surface area contributed by atoms with Crippen LogP contribution in [-0.2, 0) is 17.8 Å². The fourth-order valence-corrected chi connectivity index (χ4v) is 2.81. The van der Waals surface area contributed by atoms with Crippen LogP contribution in [0, 0.1) is 6.92 Å². The molecule has 0 unspecified atom stereocenters. The maximum atomic E-state index is 12.1. The van der Waals surface area contributed by atoms with Crippen molar-refractivity contribution < 1.29 is 14.3 Å². The first-order valence-electron chi connectivity index (χ1n) is 7.15. The van der Waals surface area contributed by atoms with Gasteiger partial charge in [0.05, 0.1) is 12.1 Å². The normalized spacial score (nSPS) is 10.7. The molecule has 1 aromatic carbocycles. The van der Waals surface area contributed by atoms with E-state index in [1.807, 2.05) is 22.9 Å². The van der Waals surface area contributed by atoms with Gasteiger partial charge in [-0.3, -0.25) is 4.79 Å². The summed E-state index contributed by atoms with van der Waals surface area (Å²) in [4.78, 5) is 16.5. The van der Waals surface area contributed by atoms with E-state index in [2.05, 4.69) is 10.3 Å². The highest BCUT2D eigenvalue weighted by Gasteiger charge is 2.14. The Morgan fingerprint density at radius 2 is 2.26 bits per heavy atom. The molecule has 23 heavy (non-hydrogen) atoms. The Hall–Kier alpha value is -2.60. The molecule has 1 amide bonds. The van der Waals surface area contributed by atoms with Crippen molar-refractivity contribution >= 4 is 17.2 Å². The van der Waals surface area contributed by atoms with Crippen LogP contribution in [0.2, 0.25) is 0 Å². The number of carbonyl (C=O) groups excluding carboxylic acids is 1. The van der Waals surface area contributed by atoms with Gasteiger partial charge in [-0.05, 0) is 36.1 Å². The standard InChI is InChI=1S/C17H16N2O3S/c1-11-15(19-17(22-11)13-5-6-23-10-13)8-16(21)18-9-12-3-2-4-14(20)7-12/h2-7,10,20H,8-9H2,1H3,(H,18,21). The first-order valence-corrected chi connectivity index (χ1v) is 8.09. The van der Waals surface area contributed by atoms with Gasteiger partial charge in [0.15, 0.2) is 0 Å². The molecular formula is C17H16N2O3S. The molecule has 0 aliphatic heterocycles. The van der Waals surface area contributed by atoms with Crippen molar-refractivity contribution in [3.63, 3.8) is 0 Å². The molecule has 2 aromatic heterocycles. The number of aromatic nitrogens is 1. The van der Waals surface area contributed by atoms with Crippen molar-refractivity contribution in [3.8, 4) is 17.2 Å². The number of rotatable bonds is 5. The Labute approximate surface area is 137 Å². The lowest BCUT2D eigenvalue weighted by Gasteiger charge is -2.04. The quantitative estimate of drug-likeness (QED) is 0.754. The van der Waals surface area contributed by atoms with Crippen LogP contribution in [0.15, 0.2) is 45.5 Å². The monoisotopic (exact) mass is 328 g/mol.